The third-order valence-corrected chi connectivity index (χ3v) is 3.55. The lowest BCUT2D eigenvalue weighted by molar-refractivity contribution is 0.112. The van der Waals surface area contributed by atoms with Crippen LogP contribution in [-0.2, 0) is 0 Å². The largest absolute Gasteiger partial charge is 0.396 e. The van der Waals surface area contributed by atoms with Crippen molar-refractivity contribution in [2.24, 2.45) is 0 Å². The Morgan fingerprint density at radius 1 is 1.61 bits per heavy atom. The van der Waals surface area contributed by atoms with Crippen LogP contribution >= 0.6 is 0 Å². The standard InChI is InChI=1S/C14H20N2O2/c1-11-8-12(10-18)9-15-14(11)16-6-2-4-13(16)5-3-7-17/h8-10,13,17H,2-7H2,1H3. The van der Waals surface area contributed by atoms with Crippen molar-refractivity contribution in [2.45, 2.75) is 38.6 Å². The van der Waals surface area contributed by atoms with E-state index in [4.69, 9.17) is 5.11 Å². The predicted octanol–water partition coefficient (Wildman–Crippen LogP) is 1.94. The summed E-state index contributed by atoms with van der Waals surface area (Å²) in [6, 6.07) is 2.36. The van der Waals surface area contributed by atoms with Crippen molar-refractivity contribution in [2.75, 3.05) is 18.1 Å². The van der Waals surface area contributed by atoms with Gasteiger partial charge in [0.2, 0.25) is 0 Å². The van der Waals surface area contributed by atoms with E-state index in [0.29, 0.717) is 11.6 Å². The molecule has 0 radical (unpaired) electrons. The second kappa shape index (κ2) is 5.96. The van der Waals surface area contributed by atoms with Crippen LogP contribution in [0.5, 0.6) is 0 Å². The summed E-state index contributed by atoms with van der Waals surface area (Å²) >= 11 is 0. The van der Waals surface area contributed by atoms with Gasteiger partial charge in [0.1, 0.15) is 5.82 Å². The number of carbonyl (C=O) groups excluding carboxylic acids is 1. The van der Waals surface area contributed by atoms with Crippen LogP contribution in [0.3, 0.4) is 0 Å². The van der Waals surface area contributed by atoms with Crippen molar-refractivity contribution in [1.29, 1.82) is 0 Å². The molecule has 1 N–H and O–H groups in total. The molecule has 0 aliphatic carbocycles. The average Bonchev–Trinajstić information content (AvgIpc) is 2.84. The monoisotopic (exact) mass is 248 g/mol. The van der Waals surface area contributed by atoms with E-state index >= 15 is 0 Å². The second-order valence-corrected chi connectivity index (χ2v) is 4.88. The van der Waals surface area contributed by atoms with Crippen LogP contribution in [-0.4, -0.2) is 35.6 Å². The number of pyridine rings is 1. The first-order chi connectivity index (χ1) is 8.76. The Kier molecular flexibility index (Phi) is 4.31. The summed E-state index contributed by atoms with van der Waals surface area (Å²) in [7, 11) is 0. The first-order valence-corrected chi connectivity index (χ1v) is 6.55. The number of hydrogen-bond donors (Lipinski definition) is 1. The summed E-state index contributed by atoms with van der Waals surface area (Å²) in [4.78, 5) is 17.5. The van der Waals surface area contributed by atoms with Crippen LogP contribution in [0, 0.1) is 6.92 Å². The molecule has 0 aromatic carbocycles. The van der Waals surface area contributed by atoms with E-state index in [-0.39, 0.29) is 6.61 Å². The summed E-state index contributed by atoms with van der Waals surface area (Å²) in [5.41, 5.74) is 1.68. The zero-order chi connectivity index (χ0) is 13.0. The Morgan fingerprint density at radius 3 is 3.11 bits per heavy atom. The first-order valence-electron chi connectivity index (χ1n) is 6.55. The Bertz CT molecular complexity index is 420. The molecule has 0 saturated carbocycles. The number of carbonyl (C=O) groups is 1. The second-order valence-electron chi connectivity index (χ2n) is 4.88. The van der Waals surface area contributed by atoms with Gasteiger partial charge in [-0.05, 0) is 44.2 Å². The van der Waals surface area contributed by atoms with E-state index < -0.39 is 0 Å². The fourth-order valence-electron chi connectivity index (χ4n) is 2.70. The minimum Gasteiger partial charge on any atom is -0.396 e. The number of nitrogens with zero attached hydrogens (tertiary/aromatic N) is 2. The lowest BCUT2D eigenvalue weighted by atomic mass is 10.1. The van der Waals surface area contributed by atoms with E-state index in [9.17, 15) is 4.79 Å². The first kappa shape index (κ1) is 13.0. The molecule has 4 nitrogen and oxygen atoms in total. The van der Waals surface area contributed by atoms with E-state index in [1.165, 1.54) is 6.42 Å². The SMILES string of the molecule is Cc1cc(C=O)cnc1N1CCCC1CCCO. The van der Waals surface area contributed by atoms with Gasteiger partial charge < -0.3 is 10.0 Å². The Labute approximate surface area is 108 Å². The van der Waals surface area contributed by atoms with Crippen molar-refractivity contribution in [1.82, 2.24) is 4.98 Å². The quantitative estimate of drug-likeness (QED) is 0.809. The van der Waals surface area contributed by atoms with Gasteiger partial charge in [-0.25, -0.2) is 4.98 Å². The number of aryl methyl sites for hydroxylation is 1. The highest BCUT2D eigenvalue weighted by Gasteiger charge is 2.26. The molecule has 1 unspecified atom stereocenters. The number of aldehydes is 1. The molecule has 1 aromatic heterocycles. The van der Waals surface area contributed by atoms with Gasteiger partial charge in [0.25, 0.3) is 0 Å². The molecule has 18 heavy (non-hydrogen) atoms. The van der Waals surface area contributed by atoms with Crippen LogP contribution < -0.4 is 4.90 Å². The number of anilines is 1. The van der Waals surface area contributed by atoms with Gasteiger partial charge in [-0.2, -0.15) is 0 Å². The minimum atomic E-state index is 0.251. The third-order valence-electron chi connectivity index (χ3n) is 3.55. The number of aliphatic hydroxyl groups excluding tert-OH is 1. The lowest BCUT2D eigenvalue weighted by Crippen LogP contribution is -2.30. The number of aromatic nitrogens is 1. The highest BCUT2D eigenvalue weighted by molar-refractivity contribution is 5.75. The zero-order valence-electron chi connectivity index (χ0n) is 10.8. The highest BCUT2D eigenvalue weighted by Crippen LogP contribution is 2.28. The fraction of sp³-hybridized carbons (Fsp3) is 0.571. The topological polar surface area (TPSA) is 53.4 Å². The number of aliphatic hydroxyl groups is 1. The van der Waals surface area contributed by atoms with Crippen LogP contribution in [0.2, 0.25) is 0 Å². The Hall–Kier alpha value is -1.42. The summed E-state index contributed by atoms with van der Waals surface area (Å²) in [6.07, 6.45) is 6.65. The van der Waals surface area contributed by atoms with Gasteiger partial charge in [0, 0.05) is 31.0 Å². The molecule has 98 valence electrons. The van der Waals surface area contributed by atoms with Crippen molar-refractivity contribution in [3.63, 3.8) is 0 Å². The highest BCUT2D eigenvalue weighted by atomic mass is 16.2. The summed E-state index contributed by atoms with van der Waals surface area (Å²) in [6.45, 7) is 3.27. The molecule has 1 atom stereocenters. The molecule has 0 amide bonds. The Morgan fingerprint density at radius 2 is 2.44 bits per heavy atom. The number of rotatable bonds is 5. The van der Waals surface area contributed by atoms with Crippen LogP contribution in [0.4, 0.5) is 5.82 Å². The van der Waals surface area contributed by atoms with Gasteiger partial charge in [0.15, 0.2) is 6.29 Å². The summed E-state index contributed by atoms with van der Waals surface area (Å²) in [5, 5.41) is 8.93. The van der Waals surface area contributed by atoms with Crippen LogP contribution in [0.15, 0.2) is 12.3 Å². The molecule has 1 aliphatic heterocycles. The smallest absolute Gasteiger partial charge is 0.151 e. The van der Waals surface area contributed by atoms with Gasteiger partial charge in [-0.15, -0.1) is 0 Å². The van der Waals surface area contributed by atoms with Crippen molar-refractivity contribution >= 4 is 12.1 Å². The number of hydrogen-bond acceptors (Lipinski definition) is 4. The maximum atomic E-state index is 10.7. The zero-order valence-corrected chi connectivity index (χ0v) is 10.8. The fourth-order valence-corrected chi connectivity index (χ4v) is 2.70. The van der Waals surface area contributed by atoms with E-state index in [2.05, 4.69) is 9.88 Å². The Balaban J connectivity index is 2.16. The van der Waals surface area contributed by atoms with Gasteiger partial charge in [-0.3, -0.25) is 4.79 Å². The van der Waals surface area contributed by atoms with Gasteiger partial charge in [-0.1, -0.05) is 0 Å². The molecule has 1 fully saturated rings. The van der Waals surface area contributed by atoms with Gasteiger partial charge in [0.05, 0.1) is 0 Å². The molecular formula is C14H20N2O2. The maximum Gasteiger partial charge on any atom is 0.151 e. The molecule has 2 heterocycles. The molecule has 1 aliphatic rings. The molecule has 0 spiro atoms. The lowest BCUT2D eigenvalue weighted by Gasteiger charge is -2.27. The maximum absolute atomic E-state index is 10.7. The molecule has 1 saturated heterocycles. The van der Waals surface area contributed by atoms with Crippen molar-refractivity contribution in [3.05, 3.63) is 23.4 Å². The van der Waals surface area contributed by atoms with E-state index in [1.807, 2.05) is 13.0 Å². The van der Waals surface area contributed by atoms with Crippen LogP contribution in [0.25, 0.3) is 0 Å². The normalized spacial score (nSPS) is 19.2. The minimum absolute atomic E-state index is 0.251. The molecule has 2 rings (SSSR count). The van der Waals surface area contributed by atoms with E-state index in [0.717, 1.165) is 43.5 Å². The average molecular weight is 248 g/mol. The predicted molar refractivity (Wildman–Crippen MR) is 71.0 cm³/mol. The van der Waals surface area contributed by atoms with Gasteiger partial charge >= 0.3 is 0 Å². The van der Waals surface area contributed by atoms with Crippen molar-refractivity contribution < 1.29 is 9.90 Å². The summed E-state index contributed by atoms with van der Waals surface area (Å²) < 4.78 is 0. The summed E-state index contributed by atoms with van der Waals surface area (Å²) in [5.74, 6) is 0.987. The molecule has 4 heteroatoms. The van der Waals surface area contributed by atoms with E-state index in [1.54, 1.807) is 6.20 Å². The van der Waals surface area contributed by atoms with Crippen molar-refractivity contribution in [3.8, 4) is 0 Å². The van der Waals surface area contributed by atoms with Crippen LogP contribution in [0.1, 0.15) is 41.6 Å². The third kappa shape index (κ3) is 2.70. The molecular weight excluding hydrogens is 228 g/mol. The molecule has 1 aromatic rings. The molecule has 0 bridgehead atoms.